The van der Waals surface area contributed by atoms with Crippen LogP contribution in [0.3, 0.4) is 0 Å². The highest BCUT2D eigenvalue weighted by atomic mass is 32.2. The molecule has 2 rings (SSSR count). The van der Waals surface area contributed by atoms with Gasteiger partial charge in [0.05, 0.1) is 17.4 Å². The van der Waals surface area contributed by atoms with Gasteiger partial charge in [-0.2, -0.15) is 9.57 Å². The maximum Gasteiger partial charge on any atom is 0.243 e. The summed E-state index contributed by atoms with van der Waals surface area (Å²) in [6.45, 7) is 3.45. The molecule has 0 N–H and O–H groups in total. The smallest absolute Gasteiger partial charge is 0.243 e. The zero-order valence-corrected chi connectivity index (χ0v) is 13.5. The van der Waals surface area contributed by atoms with Gasteiger partial charge in [-0.1, -0.05) is 12.1 Å². The van der Waals surface area contributed by atoms with Crippen molar-refractivity contribution in [3.8, 4) is 17.3 Å². The van der Waals surface area contributed by atoms with Crippen molar-refractivity contribution in [3.05, 3.63) is 36.4 Å². The number of oxazole rings is 1. The molecule has 1 unspecified atom stereocenters. The fourth-order valence-electron chi connectivity index (χ4n) is 1.96. The predicted octanol–water partition coefficient (Wildman–Crippen LogP) is 2.57. The molecule has 0 radical (unpaired) electrons. The van der Waals surface area contributed by atoms with E-state index in [1.165, 1.54) is 29.7 Å². The minimum absolute atomic E-state index is 0.145. The molecule has 0 fully saturated rings. The maximum absolute atomic E-state index is 12.5. The van der Waals surface area contributed by atoms with Gasteiger partial charge in [-0.3, -0.25) is 0 Å². The van der Waals surface area contributed by atoms with Gasteiger partial charge in [-0.05, 0) is 19.1 Å². The van der Waals surface area contributed by atoms with E-state index < -0.39 is 10.0 Å². The lowest BCUT2D eigenvalue weighted by molar-refractivity contribution is 0.393. The number of nitrogens with zero attached hydrogens (tertiary/aromatic N) is 3. The van der Waals surface area contributed by atoms with Crippen molar-refractivity contribution in [1.82, 2.24) is 9.29 Å². The lowest BCUT2D eigenvalue weighted by Gasteiger charge is -2.22. The minimum atomic E-state index is -3.62. The Balaban J connectivity index is 2.28. The van der Waals surface area contributed by atoms with E-state index in [0.29, 0.717) is 11.6 Å². The van der Waals surface area contributed by atoms with E-state index in [0.717, 1.165) is 5.56 Å². The summed E-state index contributed by atoms with van der Waals surface area (Å²) in [6, 6.07) is 8.04. The van der Waals surface area contributed by atoms with Crippen molar-refractivity contribution in [2.75, 3.05) is 7.05 Å². The number of benzene rings is 1. The Labute approximate surface area is 130 Å². The summed E-state index contributed by atoms with van der Waals surface area (Å²) in [4.78, 5) is 4.38. The van der Waals surface area contributed by atoms with Crippen LogP contribution in [0.4, 0.5) is 0 Å². The molecule has 0 aliphatic rings. The molecule has 22 heavy (non-hydrogen) atoms. The first-order chi connectivity index (χ1) is 10.4. The number of rotatable bonds is 5. The van der Waals surface area contributed by atoms with Crippen molar-refractivity contribution in [1.29, 1.82) is 5.26 Å². The Kier molecular flexibility index (Phi) is 4.64. The number of nitriles is 1. The largest absolute Gasteiger partial charge is 0.449 e. The van der Waals surface area contributed by atoms with Gasteiger partial charge in [0.25, 0.3) is 0 Å². The van der Waals surface area contributed by atoms with Gasteiger partial charge >= 0.3 is 0 Å². The van der Waals surface area contributed by atoms with Crippen LogP contribution in [-0.4, -0.2) is 30.8 Å². The van der Waals surface area contributed by atoms with Crippen molar-refractivity contribution in [3.63, 3.8) is 0 Å². The highest BCUT2D eigenvalue weighted by Gasteiger charge is 2.25. The molecule has 0 spiro atoms. The van der Waals surface area contributed by atoms with Gasteiger partial charge in [-0.15, -0.1) is 0 Å². The van der Waals surface area contributed by atoms with Crippen LogP contribution in [0.25, 0.3) is 11.3 Å². The number of hydrogen-bond acceptors (Lipinski definition) is 5. The average molecular weight is 319 g/mol. The minimum Gasteiger partial charge on any atom is -0.449 e. The van der Waals surface area contributed by atoms with Gasteiger partial charge in [0, 0.05) is 25.6 Å². The molecule has 1 aromatic carbocycles. The summed E-state index contributed by atoms with van der Waals surface area (Å²) in [7, 11) is -2.14. The van der Waals surface area contributed by atoms with E-state index in [1.807, 2.05) is 6.07 Å². The van der Waals surface area contributed by atoms with E-state index in [-0.39, 0.29) is 17.4 Å². The zero-order chi connectivity index (χ0) is 16.3. The molecule has 1 aromatic heterocycles. The third kappa shape index (κ3) is 3.18. The second-order valence-electron chi connectivity index (χ2n) is 5.01. The molecule has 2 aromatic rings. The second-order valence-corrected chi connectivity index (χ2v) is 7.01. The molecule has 1 heterocycles. The van der Waals surface area contributed by atoms with Crippen molar-refractivity contribution >= 4 is 10.0 Å². The monoisotopic (exact) mass is 319 g/mol. The predicted molar refractivity (Wildman–Crippen MR) is 81.3 cm³/mol. The second kappa shape index (κ2) is 6.30. The highest BCUT2D eigenvalue weighted by Crippen LogP contribution is 2.23. The van der Waals surface area contributed by atoms with Gasteiger partial charge in [0.2, 0.25) is 10.0 Å². The topological polar surface area (TPSA) is 87.2 Å². The van der Waals surface area contributed by atoms with E-state index >= 15 is 0 Å². The average Bonchev–Trinajstić information content (AvgIpc) is 2.93. The summed E-state index contributed by atoms with van der Waals surface area (Å²) in [5, 5.41) is 8.70. The van der Waals surface area contributed by atoms with Crippen LogP contribution in [0.15, 0.2) is 39.8 Å². The molecule has 0 saturated heterocycles. The molecule has 0 aliphatic heterocycles. The highest BCUT2D eigenvalue weighted by molar-refractivity contribution is 7.89. The van der Waals surface area contributed by atoms with Gasteiger partial charge in [-0.25, -0.2) is 13.4 Å². The fourth-order valence-corrected chi connectivity index (χ4v) is 3.32. The Hall–Kier alpha value is -2.17. The SMILES string of the molecule is Cc1nc(-c2ccc(S(=O)(=O)N(C)C(C)CC#N)cc2)co1. The Morgan fingerprint density at radius 1 is 1.36 bits per heavy atom. The van der Waals surface area contributed by atoms with E-state index in [2.05, 4.69) is 4.98 Å². The third-order valence-electron chi connectivity index (χ3n) is 3.45. The van der Waals surface area contributed by atoms with Crippen LogP contribution in [0, 0.1) is 18.3 Å². The van der Waals surface area contributed by atoms with Crippen molar-refractivity contribution < 1.29 is 12.8 Å². The summed E-state index contributed by atoms with van der Waals surface area (Å²) in [5.41, 5.74) is 1.44. The maximum atomic E-state index is 12.5. The number of aromatic nitrogens is 1. The molecular formula is C15H17N3O3S. The molecule has 0 aliphatic carbocycles. The lowest BCUT2D eigenvalue weighted by atomic mass is 10.2. The molecule has 1 atom stereocenters. The normalized spacial score (nSPS) is 13.0. The standard InChI is InChI=1S/C15H17N3O3S/c1-11(8-9-16)18(3)22(19,20)14-6-4-13(5-7-14)15-10-21-12(2)17-15/h4-7,10-11H,8H2,1-3H3. The molecule has 6 nitrogen and oxygen atoms in total. The van der Waals surface area contributed by atoms with Crippen LogP contribution in [-0.2, 0) is 10.0 Å². The summed E-state index contributed by atoms with van der Waals surface area (Å²) >= 11 is 0. The van der Waals surface area contributed by atoms with Crippen LogP contribution in [0.1, 0.15) is 19.2 Å². The van der Waals surface area contributed by atoms with Gasteiger partial charge in [0.15, 0.2) is 5.89 Å². The molecule has 0 saturated carbocycles. The number of hydrogen-bond donors (Lipinski definition) is 0. The first-order valence-corrected chi connectivity index (χ1v) is 8.18. The quantitative estimate of drug-likeness (QED) is 0.845. The fraction of sp³-hybridized carbons (Fsp3) is 0.333. The van der Waals surface area contributed by atoms with E-state index in [9.17, 15) is 8.42 Å². The van der Waals surface area contributed by atoms with Crippen LogP contribution >= 0.6 is 0 Å². The van der Waals surface area contributed by atoms with Gasteiger partial charge < -0.3 is 4.42 Å². The summed E-state index contributed by atoms with van der Waals surface area (Å²) in [5.74, 6) is 0.553. The Bertz CT molecular complexity index is 788. The number of sulfonamides is 1. The zero-order valence-electron chi connectivity index (χ0n) is 12.6. The Morgan fingerprint density at radius 2 is 2.00 bits per heavy atom. The Morgan fingerprint density at radius 3 is 2.50 bits per heavy atom. The molecule has 0 amide bonds. The molecule has 7 heteroatoms. The van der Waals surface area contributed by atoms with Crippen molar-refractivity contribution in [2.45, 2.75) is 31.2 Å². The summed E-state index contributed by atoms with van der Waals surface area (Å²) < 4.78 is 31.3. The van der Waals surface area contributed by atoms with Crippen molar-refractivity contribution in [2.24, 2.45) is 0 Å². The lowest BCUT2D eigenvalue weighted by Crippen LogP contribution is -2.34. The van der Waals surface area contributed by atoms with Gasteiger partial charge in [0.1, 0.15) is 12.0 Å². The van der Waals surface area contributed by atoms with E-state index in [1.54, 1.807) is 26.0 Å². The van der Waals surface area contributed by atoms with Crippen LogP contribution in [0.5, 0.6) is 0 Å². The van der Waals surface area contributed by atoms with E-state index in [4.69, 9.17) is 9.68 Å². The molecular weight excluding hydrogens is 302 g/mol. The number of aryl methyl sites for hydroxylation is 1. The summed E-state index contributed by atoms with van der Waals surface area (Å²) in [6.07, 6.45) is 1.67. The first-order valence-electron chi connectivity index (χ1n) is 6.74. The van der Waals surface area contributed by atoms with Crippen LogP contribution < -0.4 is 0 Å². The van der Waals surface area contributed by atoms with Crippen LogP contribution in [0.2, 0.25) is 0 Å². The third-order valence-corrected chi connectivity index (χ3v) is 5.44. The molecule has 0 bridgehead atoms. The molecule has 116 valence electrons. The first kappa shape index (κ1) is 16.2.